The normalized spacial score (nSPS) is 19.8. The number of aromatic nitrogens is 3. The Bertz CT molecular complexity index is 638. The van der Waals surface area contributed by atoms with Gasteiger partial charge in [-0.05, 0) is 25.5 Å². The number of piperidine rings is 1. The first-order valence-corrected chi connectivity index (χ1v) is 8.78. The fourth-order valence-corrected chi connectivity index (χ4v) is 3.29. The van der Waals surface area contributed by atoms with Crippen LogP contribution in [0.25, 0.3) is 0 Å². The molecule has 2 heterocycles. The first-order chi connectivity index (χ1) is 12.2. The monoisotopic (exact) mass is 348 g/mol. The summed E-state index contributed by atoms with van der Waals surface area (Å²) >= 11 is 0. The Morgan fingerprint density at radius 3 is 3.00 bits per heavy atom. The molecule has 0 bridgehead atoms. The lowest BCUT2D eigenvalue weighted by Crippen LogP contribution is -2.46. The van der Waals surface area contributed by atoms with Gasteiger partial charge in [0.05, 0.1) is 25.9 Å². The SMILES string of the molecule is O[C@H](COCc1ccccc1F)CN1CCCC[C@H]1Cn1cncn1. The van der Waals surface area contributed by atoms with Gasteiger partial charge in [-0.25, -0.2) is 9.37 Å². The smallest absolute Gasteiger partial charge is 0.137 e. The van der Waals surface area contributed by atoms with Crippen LogP contribution >= 0.6 is 0 Å². The van der Waals surface area contributed by atoms with Crippen LogP contribution in [0.1, 0.15) is 24.8 Å². The Morgan fingerprint density at radius 1 is 1.32 bits per heavy atom. The Labute approximate surface area is 147 Å². The summed E-state index contributed by atoms with van der Waals surface area (Å²) < 4.78 is 20.9. The Hall–Kier alpha value is -1.83. The zero-order valence-corrected chi connectivity index (χ0v) is 14.3. The number of ether oxygens (including phenoxy) is 1. The van der Waals surface area contributed by atoms with Crippen LogP contribution < -0.4 is 0 Å². The average molecular weight is 348 g/mol. The lowest BCUT2D eigenvalue weighted by Gasteiger charge is -2.36. The second-order valence-corrected chi connectivity index (χ2v) is 6.52. The van der Waals surface area contributed by atoms with Gasteiger partial charge in [0.1, 0.15) is 18.5 Å². The van der Waals surface area contributed by atoms with Gasteiger partial charge in [-0.2, -0.15) is 5.10 Å². The highest BCUT2D eigenvalue weighted by atomic mass is 19.1. The molecule has 3 rings (SSSR count). The molecule has 0 spiro atoms. The largest absolute Gasteiger partial charge is 0.389 e. The highest BCUT2D eigenvalue weighted by molar-refractivity contribution is 5.16. The lowest BCUT2D eigenvalue weighted by molar-refractivity contribution is -0.00627. The molecule has 7 heteroatoms. The number of β-amino-alcohol motifs (C(OH)–C–C–N with tert-alkyl or cyclic N) is 1. The fourth-order valence-electron chi connectivity index (χ4n) is 3.29. The summed E-state index contributed by atoms with van der Waals surface area (Å²) in [6.07, 6.45) is 6.08. The quantitative estimate of drug-likeness (QED) is 0.789. The third-order valence-corrected chi connectivity index (χ3v) is 4.58. The molecule has 1 fully saturated rings. The second-order valence-electron chi connectivity index (χ2n) is 6.52. The van der Waals surface area contributed by atoms with E-state index in [0.717, 1.165) is 25.9 Å². The molecule has 2 aromatic rings. The number of hydrogen-bond acceptors (Lipinski definition) is 5. The lowest BCUT2D eigenvalue weighted by atomic mass is 10.0. The van der Waals surface area contributed by atoms with Crippen LogP contribution in [0.5, 0.6) is 0 Å². The molecule has 0 unspecified atom stereocenters. The van der Waals surface area contributed by atoms with E-state index >= 15 is 0 Å². The van der Waals surface area contributed by atoms with Gasteiger partial charge in [-0.3, -0.25) is 9.58 Å². The summed E-state index contributed by atoms with van der Waals surface area (Å²) in [6, 6.07) is 6.88. The van der Waals surface area contributed by atoms with Crippen molar-refractivity contribution < 1.29 is 14.2 Å². The third kappa shape index (κ3) is 5.32. The molecule has 1 aliphatic rings. The molecule has 1 aliphatic heterocycles. The maximum Gasteiger partial charge on any atom is 0.137 e. The van der Waals surface area contributed by atoms with Crippen LogP contribution in [0, 0.1) is 5.82 Å². The summed E-state index contributed by atoms with van der Waals surface area (Å²) in [7, 11) is 0. The average Bonchev–Trinajstić information content (AvgIpc) is 3.11. The van der Waals surface area contributed by atoms with E-state index in [-0.39, 0.29) is 19.0 Å². The van der Waals surface area contributed by atoms with Crippen LogP contribution in [0.4, 0.5) is 4.39 Å². The van der Waals surface area contributed by atoms with Crippen molar-refractivity contribution in [2.45, 2.75) is 44.6 Å². The van der Waals surface area contributed by atoms with Gasteiger partial charge in [0.2, 0.25) is 0 Å². The van der Waals surface area contributed by atoms with Crippen molar-refractivity contribution in [3.05, 3.63) is 48.3 Å². The molecule has 25 heavy (non-hydrogen) atoms. The van der Waals surface area contributed by atoms with Crippen LogP contribution in [0.3, 0.4) is 0 Å². The molecule has 0 aliphatic carbocycles. The van der Waals surface area contributed by atoms with Crippen molar-refractivity contribution in [1.82, 2.24) is 19.7 Å². The van der Waals surface area contributed by atoms with Gasteiger partial charge in [0.15, 0.2) is 0 Å². The van der Waals surface area contributed by atoms with Gasteiger partial charge in [-0.1, -0.05) is 24.6 Å². The number of aliphatic hydroxyl groups is 1. The topological polar surface area (TPSA) is 63.4 Å². The molecule has 0 saturated carbocycles. The van der Waals surface area contributed by atoms with Crippen LogP contribution in [-0.2, 0) is 17.9 Å². The minimum Gasteiger partial charge on any atom is -0.389 e. The van der Waals surface area contributed by atoms with Gasteiger partial charge >= 0.3 is 0 Å². The van der Waals surface area contributed by atoms with Crippen molar-refractivity contribution in [2.75, 3.05) is 19.7 Å². The van der Waals surface area contributed by atoms with Crippen LogP contribution in [0.2, 0.25) is 0 Å². The zero-order chi connectivity index (χ0) is 17.5. The van der Waals surface area contributed by atoms with E-state index in [0.29, 0.717) is 18.2 Å². The predicted octanol–water partition coefficient (Wildman–Crippen LogP) is 1.85. The number of halogens is 1. The molecule has 0 amide bonds. The summed E-state index contributed by atoms with van der Waals surface area (Å²) in [5, 5.41) is 14.5. The van der Waals surface area contributed by atoms with E-state index in [1.54, 1.807) is 30.9 Å². The number of nitrogens with zero attached hydrogens (tertiary/aromatic N) is 4. The van der Waals surface area contributed by atoms with Crippen LogP contribution in [-0.4, -0.2) is 56.6 Å². The second kappa shape index (κ2) is 9.03. The molecule has 136 valence electrons. The standard InChI is InChI=1S/C18H25FN4O2/c19-18-7-2-1-5-15(18)11-25-12-17(24)10-22-8-4-3-6-16(22)9-23-14-20-13-21-23/h1-2,5,7,13-14,16-17,24H,3-4,6,8-12H2/t16-,17-/m0/s1. The van der Waals surface area contributed by atoms with E-state index in [4.69, 9.17) is 4.74 Å². The Morgan fingerprint density at radius 2 is 2.20 bits per heavy atom. The van der Waals surface area contributed by atoms with Gasteiger partial charge < -0.3 is 9.84 Å². The third-order valence-electron chi connectivity index (χ3n) is 4.58. The van der Waals surface area contributed by atoms with Crippen molar-refractivity contribution in [1.29, 1.82) is 0 Å². The highest BCUT2D eigenvalue weighted by Gasteiger charge is 2.25. The predicted molar refractivity (Wildman–Crippen MR) is 91.3 cm³/mol. The maximum atomic E-state index is 13.6. The number of hydrogen-bond donors (Lipinski definition) is 1. The number of aliphatic hydroxyl groups excluding tert-OH is 1. The number of likely N-dealkylation sites (tertiary alicyclic amines) is 1. The molecule has 1 aromatic heterocycles. The van der Waals surface area contributed by atoms with E-state index in [1.165, 1.54) is 12.5 Å². The number of rotatable bonds is 8. The highest BCUT2D eigenvalue weighted by Crippen LogP contribution is 2.18. The van der Waals surface area contributed by atoms with Crippen molar-refractivity contribution in [2.24, 2.45) is 0 Å². The van der Waals surface area contributed by atoms with E-state index in [2.05, 4.69) is 15.0 Å². The molecular weight excluding hydrogens is 323 g/mol. The first kappa shape index (κ1) is 18.0. The summed E-state index contributed by atoms with van der Waals surface area (Å²) in [5.41, 5.74) is 0.511. The summed E-state index contributed by atoms with van der Waals surface area (Å²) in [4.78, 5) is 6.28. The first-order valence-electron chi connectivity index (χ1n) is 8.78. The molecule has 1 saturated heterocycles. The molecule has 1 N–H and O–H groups in total. The van der Waals surface area contributed by atoms with E-state index in [1.807, 2.05) is 4.68 Å². The van der Waals surface area contributed by atoms with Gasteiger partial charge in [0.25, 0.3) is 0 Å². The van der Waals surface area contributed by atoms with Gasteiger partial charge in [-0.15, -0.1) is 0 Å². The minimum absolute atomic E-state index is 0.173. The Balaban J connectivity index is 1.45. The van der Waals surface area contributed by atoms with Crippen molar-refractivity contribution in [3.8, 4) is 0 Å². The maximum absolute atomic E-state index is 13.6. The van der Waals surface area contributed by atoms with E-state index in [9.17, 15) is 9.50 Å². The molecule has 2 atom stereocenters. The molecule has 0 radical (unpaired) electrons. The summed E-state index contributed by atoms with van der Waals surface area (Å²) in [5.74, 6) is -0.277. The Kier molecular flexibility index (Phi) is 6.49. The zero-order valence-electron chi connectivity index (χ0n) is 14.3. The molecule has 6 nitrogen and oxygen atoms in total. The fraction of sp³-hybridized carbons (Fsp3) is 0.556. The van der Waals surface area contributed by atoms with Gasteiger partial charge in [0, 0.05) is 18.2 Å². The minimum atomic E-state index is -0.594. The van der Waals surface area contributed by atoms with Crippen LogP contribution in [0.15, 0.2) is 36.9 Å². The summed E-state index contributed by atoms with van der Waals surface area (Å²) in [6.45, 7) is 2.66. The van der Waals surface area contributed by atoms with Crippen molar-refractivity contribution >= 4 is 0 Å². The molecular formula is C18H25FN4O2. The van der Waals surface area contributed by atoms with Crippen molar-refractivity contribution in [3.63, 3.8) is 0 Å². The number of benzene rings is 1. The molecule has 1 aromatic carbocycles. The van der Waals surface area contributed by atoms with E-state index < -0.39 is 6.10 Å².